The molecule has 7 nitrogen and oxygen atoms in total. The van der Waals surface area contributed by atoms with Crippen LogP contribution >= 0.6 is 11.8 Å². The van der Waals surface area contributed by atoms with Crippen molar-refractivity contribution in [1.29, 1.82) is 0 Å². The third-order valence-corrected chi connectivity index (χ3v) is 3.36. The number of nitrogens with one attached hydrogen (secondary N) is 1. The van der Waals surface area contributed by atoms with Gasteiger partial charge in [-0.15, -0.1) is 5.10 Å². The van der Waals surface area contributed by atoms with E-state index in [2.05, 4.69) is 25.1 Å². The molecule has 100 valence electrons. The van der Waals surface area contributed by atoms with Crippen LogP contribution in [0.5, 0.6) is 0 Å². The van der Waals surface area contributed by atoms with Crippen molar-refractivity contribution in [3.8, 4) is 11.4 Å². The van der Waals surface area contributed by atoms with E-state index in [9.17, 15) is 4.79 Å². The molecule has 0 radical (unpaired) electrons. The largest absolute Gasteiger partial charge is 0.481 e. The van der Waals surface area contributed by atoms with Crippen molar-refractivity contribution in [1.82, 2.24) is 25.1 Å². The quantitative estimate of drug-likeness (QED) is 0.702. The predicted molar refractivity (Wildman–Crippen MR) is 73.3 cm³/mol. The van der Waals surface area contributed by atoms with Crippen LogP contribution in [0.25, 0.3) is 22.4 Å². The van der Waals surface area contributed by atoms with Crippen LogP contribution < -0.4 is 0 Å². The van der Waals surface area contributed by atoms with Crippen molar-refractivity contribution in [2.45, 2.75) is 5.16 Å². The van der Waals surface area contributed by atoms with Gasteiger partial charge in [0.2, 0.25) is 5.16 Å². The van der Waals surface area contributed by atoms with Gasteiger partial charge in [0.05, 0.1) is 16.8 Å². The summed E-state index contributed by atoms with van der Waals surface area (Å²) in [5.74, 6) is -0.395. The first-order valence-corrected chi connectivity index (χ1v) is 6.69. The second-order valence-corrected chi connectivity index (χ2v) is 4.85. The number of rotatable bonds is 4. The SMILES string of the molecule is O=C(O)CSc1n[nH]c(-c2ccc3nccnc3c2)n1. The number of carboxylic acid groups (broad SMARTS) is 1. The lowest BCUT2D eigenvalue weighted by Crippen LogP contribution is -1.97. The molecule has 0 fully saturated rings. The maximum Gasteiger partial charge on any atom is 0.313 e. The number of hydrogen-bond acceptors (Lipinski definition) is 6. The molecule has 1 aromatic carbocycles. The minimum atomic E-state index is -0.901. The van der Waals surface area contributed by atoms with Gasteiger partial charge in [-0.1, -0.05) is 11.8 Å². The Morgan fingerprint density at radius 2 is 2.05 bits per heavy atom. The molecule has 2 heterocycles. The van der Waals surface area contributed by atoms with E-state index in [1.54, 1.807) is 12.4 Å². The average molecular weight is 287 g/mol. The zero-order valence-corrected chi connectivity index (χ0v) is 11.0. The summed E-state index contributed by atoms with van der Waals surface area (Å²) in [5.41, 5.74) is 2.39. The molecule has 0 aliphatic heterocycles. The molecule has 0 unspecified atom stereocenters. The number of aromatic nitrogens is 5. The van der Waals surface area contributed by atoms with E-state index in [4.69, 9.17) is 5.11 Å². The van der Waals surface area contributed by atoms with Crippen molar-refractivity contribution >= 4 is 28.8 Å². The van der Waals surface area contributed by atoms with E-state index >= 15 is 0 Å². The highest BCUT2D eigenvalue weighted by molar-refractivity contribution is 7.99. The molecule has 2 aromatic heterocycles. The molecule has 3 rings (SSSR count). The van der Waals surface area contributed by atoms with Crippen LogP contribution in [-0.2, 0) is 4.79 Å². The molecular weight excluding hydrogens is 278 g/mol. The molecule has 0 amide bonds. The van der Waals surface area contributed by atoms with Crippen molar-refractivity contribution in [2.75, 3.05) is 5.75 Å². The van der Waals surface area contributed by atoms with Gasteiger partial charge >= 0.3 is 5.97 Å². The first-order chi connectivity index (χ1) is 9.72. The summed E-state index contributed by atoms with van der Waals surface area (Å²) in [4.78, 5) is 23.2. The smallest absolute Gasteiger partial charge is 0.313 e. The summed E-state index contributed by atoms with van der Waals surface area (Å²) in [6.45, 7) is 0. The monoisotopic (exact) mass is 287 g/mol. The number of carbonyl (C=O) groups is 1. The summed E-state index contributed by atoms with van der Waals surface area (Å²) < 4.78 is 0. The summed E-state index contributed by atoms with van der Waals surface area (Å²) in [6, 6.07) is 5.57. The standard InChI is InChI=1S/C12H9N5O2S/c18-10(19)6-20-12-15-11(16-17-12)7-1-2-8-9(5-7)14-4-3-13-8/h1-5H,6H2,(H,18,19)(H,15,16,17). The van der Waals surface area contributed by atoms with Crippen molar-refractivity contribution in [3.63, 3.8) is 0 Å². The van der Waals surface area contributed by atoms with Gasteiger partial charge in [-0.25, -0.2) is 4.98 Å². The number of aromatic amines is 1. The second-order valence-electron chi connectivity index (χ2n) is 3.91. The van der Waals surface area contributed by atoms with Gasteiger partial charge in [0, 0.05) is 18.0 Å². The molecule has 0 bridgehead atoms. The first kappa shape index (κ1) is 12.5. The molecule has 0 spiro atoms. The second kappa shape index (κ2) is 5.25. The van der Waals surface area contributed by atoms with E-state index in [1.165, 1.54) is 0 Å². The van der Waals surface area contributed by atoms with Crippen LogP contribution in [0, 0.1) is 0 Å². The van der Waals surface area contributed by atoms with Gasteiger partial charge in [-0.05, 0) is 18.2 Å². The van der Waals surface area contributed by atoms with E-state index in [-0.39, 0.29) is 5.75 Å². The lowest BCUT2D eigenvalue weighted by Gasteiger charge is -1.98. The van der Waals surface area contributed by atoms with E-state index in [0.29, 0.717) is 11.0 Å². The topological polar surface area (TPSA) is 105 Å². The molecule has 3 aromatic rings. The number of hydrogen-bond donors (Lipinski definition) is 2. The number of benzene rings is 1. The van der Waals surface area contributed by atoms with Gasteiger partial charge < -0.3 is 5.11 Å². The zero-order valence-electron chi connectivity index (χ0n) is 10.1. The summed E-state index contributed by atoms with van der Waals surface area (Å²) >= 11 is 1.07. The van der Waals surface area contributed by atoms with Crippen molar-refractivity contribution in [2.24, 2.45) is 0 Å². The Kier molecular flexibility index (Phi) is 3.30. The molecule has 8 heteroatoms. The summed E-state index contributed by atoms with van der Waals surface area (Å²) in [5, 5.41) is 15.8. The fraction of sp³-hybridized carbons (Fsp3) is 0.0833. The van der Waals surface area contributed by atoms with E-state index in [0.717, 1.165) is 28.4 Å². The number of H-pyrrole nitrogens is 1. The van der Waals surface area contributed by atoms with Gasteiger partial charge in [0.25, 0.3) is 0 Å². The lowest BCUT2D eigenvalue weighted by molar-refractivity contribution is -0.133. The Morgan fingerprint density at radius 3 is 2.85 bits per heavy atom. The molecule has 0 saturated heterocycles. The highest BCUT2D eigenvalue weighted by Crippen LogP contribution is 2.21. The van der Waals surface area contributed by atoms with Gasteiger partial charge in [-0.3, -0.25) is 19.9 Å². The molecule has 0 aliphatic carbocycles. The molecule has 20 heavy (non-hydrogen) atoms. The minimum Gasteiger partial charge on any atom is -0.481 e. The van der Waals surface area contributed by atoms with Crippen LogP contribution in [0.2, 0.25) is 0 Å². The summed E-state index contributed by atoms with van der Waals surface area (Å²) in [6.07, 6.45) is 3.26. The first-order valence-electron chi connectivity index (χ1n) is 5.70. The molecule has 0 atom stereocenters. The summed E-state index contributed by atoms with van der Waals surface area (Å²) in [7, 11) is 0. The molecule has 0 aliphatic rings. The minimum absolute atomic E-state index is 0.0690. The zero-order chi connectivity index (χ0) is 13.9. The fourth-order valence-electron chi connectivity index (χ4n) is 1.68. The van der Waals surface area contributed by atoms with Gasteiger partial charge in [-0.2, -0.15) is 0 Å². The predicted octanol–water partition coefficient (Wildman–Crippen LogP) is 1.59. The normalized spacial score (nSPS) is 10.8. The number of carboxylic acids is 1. The Labute approximate surface area is 117 Å². The highest BCUT2D eigenvalue weighted by Gasteiger charge is 2.09. The maximum absolute atomic E-state index is 10.5. The van der Waals surface area contributed by atoms with Crippen LogP contribution in [-0.4, -0.2) is 42.0 Å². The van der Waals surface area contributed by atoms with Crippen LogP contribution in [0.3, 0.4) is 0 Å². The maximum atomic E-state index is 10.5. The number of aliphatic carboxylic acids is 1. The van der Waals surface area contributed by atoms with E-state index in [1.807, 2.05) is 18.2 Å². The van der Waals surface area contributed by atoms with Gasteiger partial charge in [0.1, 0.15) is 0 Å². The molecular formula is C12H9N5O2S. The Hall–Kier alpha value is -2.48. The lowest BCUT2D eigenvalue weighted by atomic mass is 10.2. The van der Waals surface area contributed by atoms with Gasteiger partial charge in [0.15, 0.2) is 5.82 Å². The van der Waals surface area contributed by atoms with E-state index < -0.39 is 5.97 Å². The van der Waals surface area contributed by atoms with Crippen LogP contribution in [0.4, 0.5) is 0 Å². The Bertz CT molecular complexity index is 773. The molecule has 2 N–H and O–H groups in total. The van der Waals surface area contributed by atoms with Crippen LogP contribution in [0.1, 0.15) is 0 Å². The average Bonchev–Trinajstić information content (AvgIpc) is 2.93. The molecule has 0 saturated carbocycles. The Morgan fingerprint density at radius 1 is 1.25 bits per heavy atom. The van der Waals surface area contributed by atoms with Crippen LogP contribution in [0.15, 0.2) is 35.7 Å². The van der Waals surface area contributed by atoms with Crippen molar-refractivity contribution < 1.29 is 9.90 Å². The number of fused-ring (bicyclic) bond motifs is 1. The highest BCUT2D eigenvalue weighted by atomic mass is 32.2. The fourth-order valence-corrected chi connectivity index (χ4v) is 2.20. The third kappa shape index (κ3) is 2.59. The third-order valence-electron chi connectivity index (χ3n) is 2.53. The number of thioether (sulfide) groups is 1. The Balaban J connectivity index is 1.89. The number of nitrogens with zero attached hydrogens (tertiary/aromatic N) is 4. The van der Waals surface area contributed by atoms with Crippen molar-refractivity contribution in [3.05, 3.63) is 30.6 Å².